The fraction of sp³-hybridized carbons (Fsp3) is 0.923. The van der Waals surface area contributed by atoms with E-state index in [-0.39, 0.29) is 24.4 Å². The number of carbonyl (C=O) groups excluding carboxylic acids is 1. The van der Waals surface area contributed by atoms with Crippen LogP contribution in [0, 0.1) is 5.41 Å². The highest BCUT2D eigenvalue weighted by molar-refractivity contribution is 5.85. The molecule has 18 heavy (non-hydrogen) atoms. The van der Waals surface area contributed by atoms with Gasteiger partial charge in [-0.25, -0.2) is 0 Å². The van der Waals surface area contributed by atoms with Gasteiger partial charge in [-0.1, -0.05) is 27.2 Å². The highest BCUT2D eigenvalue weighted by Gasteiger charge is 2.20. The van der Waals surface area contributed by atoms with Gasteiger partial charge in [0, 0.05) is 19.6 Å². The van der Waals surface area contributed by atoms with Gasteiger partial charge in [-0.2, -0.15) is 0 Å². The largest absolute Gasteiger partial charge is 0.366 e. The molecular formula is C13H27ClN2O2. The SMILES string of the molecule is CC(C)(C)CCCCNC(=O)C1CNCCO1.Cl. The van der Waals surface area contributed by atoms with Crippen LogP contribution in [-0.2, 0) is 9.53 Å². The molecule has 0 bridgehead atoms. The molecule has 0 aromatic rings. The van der Waals surface area contributed by atoms with Crippen molar-refractivity contribution in [2.45, 2.75) is 46.1 Å². The molecule has 1 fully saturated rings. The highest BCUT2D eigenvalue weighted by Crippen LogP contribution is 2.21. The summed E-state index contributed by atoms with van der Waals surface area (Å²) in [5, 5.41) is 6.09. The Kier molecular flexibility index (Phi) is 8.57. The topological polar surface area (TPSA) is 50.4 Å². The van der Waals surface area contributed by atoms with E-state index in [1.165, 1.54) is 6.42 Å². The highest BCUT2D eigenvalue weighted by atomic mass is 35.5. The smallest absolute Gasteiger partial charge is 0.250 e. The quantitative estimate of drug-likeness (QED) is 0.753. The minimum atomic E-state index is -0.300. The number of nitrogens with one attached hydrogen (secondary N) is 2. The molecule has 1 aliphatic heterocycles. The van der Waals surface area contributed by atoms with Gasteiger partial charge in [-0.3, -0.25) is 4.79 Å². The van der Waals surface area contributed by atoms with E-state index in [1.807, 2.05) is 0 Å². The van der Waals surface area contributed by atoms with Crippen LogP contribution in [0.15, 0.2) is 0 Å². The van der Waals surface area contributed by atoms with E-state index in [0.717, 1.165) is 25.9 Å². The van der Waals surface area contributed by atoms with Crippen LogP contribution in [0.5, 0.6) is 0 Å². The fourth-order valence-corrected chi connectivity index (χ4v) is 1.84. The molecule has 1 unspecified atom stereocenters. The van der Waals surface area contributed by atoms with Gasteiger partial charge >= 0.3 is 0 Å². The minimum Gasteiger partial charge on any atom is -0.366 e. The number of unbranched alkanes of at least 4 members (excludes halogenated alkanes) is 1. The van der Waals surface area contributed by atoms with Crippen LogP contribution in [0.25, 0.3) is 0 Å². The summed E-state index contributed by atoms with van der Waals surface area (Å²) in [6, 6.07) is 0. The Morgan fingerprint density at radius 1 is 1.39 bits per heavy atom. The van der Waals surface area contributed by atoms with E-state index in [1.54, 1.807) is 0 Å². The monoisotopic (exact) mass is 278 g/mol. The Morgan fingerprint density at radius 2 is 2.11 bits per heavy atom. The lowest BCUT2D eigenvalue weighted by molar-refractivity contribution is -0.134. The van der Waals surface area contributed by atoms with Gasteiger partial charge in [0.15, 0.2) is 0 Å². The van der Waals surface area contributed by atoms with Crippen LogP contribution < -0.4 is 10.6 Å². The molecule has 1 rings (SSSR count). The second-order valence-corrected chi connectivity index (χ2v) is 5.87. The molecule has 0 aromatic heterocycles. The lowest BCUT2D eigenvalue weighted by Gasteiger charge is -2.23. The van der Waals surface area contributed by atoms with Crippen LogP contribution in [-0.4, -0.2) is 38.3 Å². The van der Waals surface area contributed by atoms with E-state index in [0.29, 0.717) is 18.6 Å². The summed E-state index contributed by atoms with van der Waals surface area (Å²) >= 11 is 0. The van der Waals surface area contributed by atoms with Crippen molar-refractivity contribution in [3.8, 4) is 0 Å². The van der Waals surface area contributed by atoms with Crippen LogP contribution in [0.1, 0.15) is 40.0 Å². The first kappa shape index (κ1) is 17.7. The third kappa shape index (κ3) is 7.90. The lowest BCUT2D eigenvalue weighted by Crippen LogP contribution is -2.48. The van der Waals surface area contributed by atoms with Crippen molar-refractivity contribution < 1.29 is 9.53 Å². The third-order valence-electron chi connectivity index (χ3n) is 2.87. The van der Waals surface area contributed by atoms with Gasteiger partial charge in [-0.15, -0.1) is 12.4 Å². The molecular weight excluding hydrogens is 252 g/mol. The van der Waals surface area contributed by atoms with Gasteiger partial charge in [0.1, 0.15) is 6.10 Å². The normalized spacial score (nSPS) is 20.1. The molecule has 1 heterocycles. The summed E-state index contributed by atoms with van der Waals surface area (Å²) in [6.45, 7) is 9.59. The first-order chi connectivity index (χ1) is 7.99. The van der Waals surface area contributed by atoms with Crippen molar-refractivity contribution in [2.24, 2.45) is 5.41 Å². The summed E-state index contributed by atoms with van der Waals surface area (Å²) in [7, 11) is 0. The maximum Gasteiger partial charge on any atom is 0.250 e. The van der Waals surface area contributed by atoms with Crippen molar-refractivity contribution in [3.05, 3.63) is 0 Å². The zero-order chi connectivity index (χ0) is 12.7. The molecule has 1 aliphatic rings. The van der Waals surface area contributed by atoms with Crippen LogP contribution in [0.4, 0.5) is 0 Å². The van der Waals surface area contributed by atoms with E-state index >= 15 is 0 Å². The molecule has 2 N–H and O–H groups in total. The average Bonchev–Trinajstić information content (AvgIpc) is 2.28. The lowest BCUT2D eigenvalue weighted by atomic mass is 9.90. The van der Waals surface area contributed by atoms with E-state index in [2.05, 4.69) is 31.4 Å². The fourth-order valence-electron chi connectivity index (χ4n) is 1.84. The molecule has 1 atom stereocenters. The van der Waals surface area contributed by atoms with Gasteiger partial charge in [0.2, 0.25) is 5.91 Å². The zero-order valence-electron chi connectivity index (χ0n) is 11.8. The number of morpholine rings is 1. The van der Waals surface area contributed by atoms with Gasteiger partial charge in [0.05, 0.1) is 6.61 Å². The van der Waals surface area contributed by atoms with Crippen molar-refractivity contribution in [1.82, 2.24) is 10.6 Å². The maximum absolute atomic E-state index is 11.7. The molecule has 0 aliphatic carbocycles. The van der Waals surface area contributed by atoms with Gasteiger partial charge in [0.25, 0.3) is 0 Å². The predicted molar refractivity (Wildman–Crippen MR) is 76.2 cm³/mol. The molecule has 0 spiro atoms. The van der Waals surface area contributed by atoms with Crippen LogP contribution in [0.3, 0.4) is 0 Å². The summed E-state index contributed by atoms with van der Waals surface area (Å²) in [5.74, 6) is 0.0213. The summed E-state index contributed by atoms with van der Waals surface area (Å²) in [6.07, 6.45) is 3.10. The Hall–Kier alpha value is -0.320. The second-order valence-electron chi connectivity index (χ2n) is 5.87. The van der Waals surface area contributed by atoms with Gasteiger partial charge < -0.3 is 15.4 Å². The summed E-state index contributed by atoms with van der Waals surface area (Å²) in [5.41, 5.74) is 0.389. The van der Waals surface area contributed by atoms with Gasteiger partial charge in [-0.05, 0) is 18.3 Å². The number of hydrogen-bond acceptors (Lipinski definition) is 3. The maximum atomic E-state index is 11.7. The van der Waals surface area contributed by atoms with Crippen molar-refractivity contribution >= 4 is 18.3 Å². The predicted octanol–water partition coefficient (Wildman–Crippen LogP) is 1.73. The molecule has 5 heteroatoms. The van der Waals surface area contributed by atoms with E-state index < -0.39 is 0 Å². The molecule has 0 saturated carbocycles. The summed E-state index contributed by atoms with van der Waals surface area (Å²) in [4.78, 5) is 11.7. The number of rotatable bonds is 5. The van der Waals surface area contributed by atoms with Crippen molar-refractivity contribution in [3.63, 3.8) is 0 Å². The number of carbonyl (C=O) groups is 1. The first-order valence-electron chi connectivity index (χ1n) is 6.59. The Labute approximate surface area is 117 Å². The first-order valence-corrected chi connectivity index (χ1v) is 6.59. The minimum absolute atomic E-state index is 0. The Morgan fingerprint density at radius 3 is 2.67 bits per heavy atom. The zero-order valence-corrected chi connectivity index (χ0v) is 12.6. The summed E-state index contributed by atoms with van der Waals surface area (Å²) < 4.78 is 5.38. The number of ether oxygens (including phenoxy) is 1. The number of amides is 1. The average molecular weight is 279 g/mol. The Balaban J connectivity index is 0.00000289. The third-order valence-corrected chi connectivity index (χ3v) is 2.87. The van der Waals surface area contributed by atoms with Crippen LogP contribution >= 0.6 is 12.4 Å². The van der Waals surface area contributed by atoms with E-state index in [4.69, 9.17) is 4.74 Å². The number of halogens is 1. The second kappa shape index (κ2) is 8.73. The van der Waals surface area contributed by atoms with Crippen LogP contribution in [0.2, 0.25) is 0 Å². The molecule has 1 amide bonds. The molecule has 4 nitrogen and oxygen atoms in total. The number of hydrogen-bond donors (Lipinski definition) is 2. The molecule has 0 radical (unpaired) electrons. The van der Waals surface area contributed by atoms with E-state index in [9.17, 15) is 4.79 Å². The van der Waals surface area contributed by atoms with Crippen molar-refractivity contribution in [2.75, 3.05) is 26.2 Å². The Bertz CT molecular complexity index is 236. The molecule has 108 valence electrons. The molecule has 0 aromatic carbocycles. The van der Waals surface area contributed by atoms with Crippen molar-refractivity contribution in [1.29, 1.82) is 0 Å². The standard InChI is InChI=1S/C13H26N2O2.ClH/c1-13(2,3)6-4-5-7-15-12(16)11-10-14-8-9-17-11;/h11,14H,4-10H2,1-3H3,(H,15,16);1H. The molecule has 1 saturated heterocycles.